The number of nitrogens with zero attached hydrogens (tertiary/aromatic N) is 1. The van der Waals surface area contributed by atoms with E-state index in [9.17, 15) is 18.3 Å². The van der Waals surface area contributed by atoms with E-state index in [2.05, 4.69) is 15.0 Å². The molecule has 0 radical (unpaired) electrons. The number of carbonyl (C=O) groups is 1. The summed E-state index contributed by atoms with van der Waals surface area (Å²) in [5, 5.41) is 15.2. The molecule has 9 heteroatoms. The van der Waals surface area contributed by atoms with Crippen molar-refractivity contribution in [3.63, 3.8) is 0 Å². The lowest BCUT2D eigenvalue weighted by Crippen LogP contribution is -2.35. The molecule has 0 spiro atoms. The van der Waals surface area contributed by atoms with Gasteiger partial charge in [0.05, 0.1) is 16.5 Å². The third-order valence-electron chi connectivity index (χ3n) is 7.52. The number of thiazole rings is 1. The fourth-order valence-corrected chi connectivity index (χ4v) is 8.10. The highest BCUT2D eigenvalue weighted by atomic mass is 32.2. The number of sulfonamides is 1. The topological polar surface area (TPSA) is 108 Å². The van der Waals surface area contributed by atoms with Crippen molar-refractivity contribution in [1.29, 1.82) is 0 Å². The number of anilines is 2. The van der Waals surface area contributed by atoms with Crippen molar-refractivity contribution in [3.05, 3.63) is 70.7 Å². The molecule has 2 fully saturated rings. The van der Waals surface area contributed by atoms with Crippen LogP contribution in [0.1, 0.15) is 52.7 Å². The van der Waals surface area contributed by atoms with E-state index in [0.29, 0.717) is 22.9 Å². The number of fused-ring (bicyclic) bond motifs is 7. The number of hydrogen-bond acceptors (Lipinski definition) is 6. The van der Waals surface area contributed by atoms with Crippen molar-refractivity contribution in [2.75, 3.05) is 10.0 Å². The second-order valence-corrected chi connectivity index (χ2v) is 11.8. The zero-order chi connectivity index (χ0) is 22.7. The Balaban J connectivity index is 1.41. The molecule has 33 heavy (non-hydrogen) atoms. The highest BCUT2D eigenvalue weighted by Gasteiger charge is 2.54. The van der Waals surface area contributed by atoms with Crippen LogP contribution in [0.2, 0.25) is 0 Å². The summed E-state index contributed by atoms with van der Waals surface area (Å²) in [5.74, 6) is 0.711. The quantitative estimate of drug-likeness (QED) is 0.476. The molecule has 5 atom stereocenters. The molecule has 170 valence electrons. The maximum absolute atomic E-state index is 13.0. The number of aromatic carboxylic acids is 1. The van der Waals surface area contributed by atoms with Gasteiger partial charge in [0, 0.05) is 17.3 Å². The lowest BCUT2D eigenvalue weighted by atomic mass is 9.68. The van der Waals surface area contributed by atoms with Gasteiger partial charge in [0.1, 0.15) is 0 Å². The molecule has 1 aliphatic heterocycles. The Bertz CT molecular complexity index is 1340. The van der Waals surface area contributed by atoms with Crippen LogP contribution in [0.25, 0.3) is 0 Å². The summed E-state index contributed by atoms with van der Waals surface area (Å²) in [6, 6.07) is 12.5. The lowest BCUT2D eigenvalue weighted by molar-refractivity contribution is 0.0696. The third kappa shape index (κ3) is 3.41. The van der Waals surface area contributed by atoms with Gasteiger partial charge in [-0.3, -0.25) is 4.72 Å². The Morgan fingerprint density at radius 2 is 2.00 bits per heavy atom. The van der Waals surface area contributed by atoms with Gasteiger partial charge >= 0.3 is 5.97 Å². The highest BCUT2D eigenvalue weighted by molar-refractivity contribution is 7.93. The largest absolute Gasteiger partial charge is 0.478 e. The fourth-order valence-electron chi connectivity index (χ4n) is 6.27. The molecular weight excluding hydrogens is 458 g/mol. The van der Waals surface area contributed by atoms with Crippen LogP contribution in [-0.2, 0) is 10.0 Å². The summed E-state index contributed by atoms with van der Waals surface area (Å²) in [4.78, 5) is 15.8. The zero-order valence-electron chi connectivity index (χ0n) is 17.6. The van der Waals surface area contributed by atoms with Crippen molar-refractivity contribution in [3.8, 4) is 0 Å². The zero-order valence-corrected chi connectivity index (χ0v) is 19.3. The van der Waals surface area contributed by atoms with Crippen LogP contribution in [0.15, 0.2) is 58.9 Å². The molecule has 6 rings (SSSR count). The molecule has 3 N–H and O–H groups in total. The summed E-state index contributed by atoms with van der Waals surface area (Å²) in [6.07, 6.45) is 5.03. The maximum Gasteiger partial charge on any atom is 0.335 e. The van der Waals surface area contributed by atoms with Crippen LogP contribution < -0.4 is 10.0 Å². The van der Waals surface area contributed by atoms with Crippen LogP contribution in [0, 0.1) is 17.8 Å². The molecule has 0 unspecified atom stereocenters. The van der Waals surface area contributed by atoms with Crippen LogP contribution in [0.4, 0.5) is 10.8 Å². The minimum absolute atomic E-state index is 0.00741. The van der Waals surface area contributed by atoms with Crippen LogP contribution in [-0.4, -0.2) is 24.5 Å². The Morgan fingerprint density at radius 1 is 1.15 bits per heavy atom. The average molecular weight is 482 g/mol. The second-order valence-electron chi connectivity index (χ2n) is 9.18. The highest BCUT2D eigenvalue weighted by Crippen LogP contribution is 2.63. The van der Waals surface area contributed by atoms with Gasteiger partial charge in [-0.2, -0.15) is 0 Å². The maximum atomic E-state index is 13.0. The van der Waals surface area contributed by atoms with Gasteiger partial charge in [-0.05, 0) is 84.4 Å². The molecule has 2 aliphatic carbocycles. The predicted molar refractivity (Wildman–Crippen MR) is 126 cm³/mol. The van der Waals surface area contributed by atoms with Gasteiger partial charge < -0.3 is 10.4 Å². The van der Waals surface area contributed by atoms with Crippen molar-refractivity contribution in [2.45, 2.75) is 36.1 Å². The van der Waals surface area contributed by atoms with E-state index >= 15 is 0 Å². The van der Waals surface area contributed by atoms with Gasteiger partial charge in [0.25, 0.3) is 10.0 Å². The summed E-state index contributed by atoms with van der Waals surface area (Å²) in [5.41, 5.74) is 3.25. The van der Waals surface area contributed by atoms with E-state index in [1.165, 1.54) is 17.8 Å². The molecule has 2 aromatic carbocycles. The fraction of sp³-hybridized carbons (Fsp3) is 0.333. The Morgan fingerprint density at radius 3 is 2.79 bits per heavy atom. The molecular formula is C24H23N3O4S2. The minimum atomic E-state index is -3.73. The molecule has 0 saturated heterocycles. The van der Waals surface area contributed by atoms with Crippen molar-refractivity contribution >= 4 is 38.1 Å². The Hall–Kier alpha value is -2.91. The normalized spacial score (nSPS) is 27.5. The molecule has 0 amide bonds. The minimum Gasteiger partial charge on any atom is -0.478 e. The third-order valence-corrected chi connectivity index (χ3v) is 9.67. The number of rotatable bonds is 5. The molecule has 2 bridgehead atoms. The van der Waals surface area contributed by atoms with E-state index in [1.807, 2.05) is 18.2 Å². The number of benzene rings is 2. The van der Waals surface area contributed by atoms with E-state index in [0.717, 1.165) is 29.7 Å². The molecule has 1 aromatic heterocycles. The van der Waals surface area contributed by atoms with Crippen LogP contribution >= 0.6 is 11.3 Å². The van der Waals surface area contributed by atoms with Gasteiger partial charge in [-0.15, -0.1) is 11.3 Å². The second kappa shape index (κ2) is 7.56. The summed E-state index contributed by atoms with van der Waals surface area (Å²) in [6.45, 7) is 0. The predicted octanol–water partition coefficient (Wildman–Crippen LogP) is 4.94. The summed E-state index contributed by atoms with van der Waals surface area (Å²) < 4.78 is 28.6. The SMILES string of the molecule is O=C(O)c1cccc([C@@H]2Nc3ccc(S(=O)(=O)Nc4nccs4)cc3[C@H]3[C@H]4CC[C@@H](C4)[C@H]32)c1. The van der Waals surface area contributed by atoms with E-state index in [1.54, 1.807) is 35.8 Å². The van der Waals surface area contributed by atoms with Crippen molar-refractivity contribution in [2.24, 2.45) is 17.8 Å². The van der Waals surface area contributed by atoms with Gasteiger partial charge in [0.2, 0.25) is 0 Å². The van der Waals surface area contributed by atoms with Gasteiger partial charge in [0.15, 0.2) is 5.13 Å². The Kier molecular flexibility index (Phi) is 4.74. The smallest absolute Gasteiger partial charge is 0.335 e. The molecule has 3 aliphatic rings. The first-order valence-electron chi connectivity index (χ1n) is 11.1. The number of carboxylic acids is 1. The number of hydrogen-bond donors (Lipinski definition) is 3. The van der Waals surface area contributed by atoms with Crippen molar-refractivity contribution in [1.82, 2.24) is 4.98 Å². The average Bonchev–Trinajstić information content (AvgIpc) is 3.56. The Labute approximate surface area is 195 Å². The number of carboxylic acid groups (broad SMARTS) is 1. The van der Waals surface area contributed by atoms with Gasteiger partial charge in [-0.1, -0.05) is 12.1 Å². The standard InChI is InChI=1S/C24H23N3O4S2/c28-23(29)16-3-1-2-15(11-16)22-21-14-5-4-13(10-14)20(21)18-12-17(6-7-19(18)26-22)33(30,31)27-24-25-8-9-32-24/h1-3,6-9,11-14,20-22,26H,4-5,10H2,(H,25,27)(H,28,29)/t13-,14-,20+,21+,22-/m0/s1. The number of nitrogens with one attached hydrogen (secondary N) is 2. The molecule has 2 saturated carbocycles. The monoisotopic (exact) mass is 481 g/mol. The van der Waals surface area contributed by atoms with Gasteiger partial charge in [-0.25, -0.2) is 18.2 Å². The molecule has 7 nitrogen and oxygen atoms in total. The van der Waals surface area contributed by atoms with E-state index in [4.69, 9.17) is 0 Å². The van der Waals surface area contributed by atoms with Crippen molar-refractivity contribution < 1.29 is 18.3 Å². The number of aromatic nitrogens is 1. The lowest BCUT2D eigenvalue weighted by Gasteiger charge is -2.43. The first-order valence-corrected chi connectivity index (χ1v) is 13.4. The molecule has 3 aromatic rings. The van der Waals surface area contributed by atoms with E-state index in [-0.39, 0.29) is 22.4 Å². The van der Waals surface area contributed by atoms with Crippen LogP contribution in [0.3, 0.4) is 0 Å². The first kappa shape index (κ1) is 20.7. The summed E-state index contributed by atoms with van der Waals surface area (Å²) in [7, 11) is -3.73. The molecule has 2 heterocycles. The summed E-state index contributed by atoms with van der Waals surface area (Å²) >= 11 is 1.24. The first-order chi connectivity index (χ1) is 15.9. The van der Waals surface area contributed by atoms with E-state index < -0.39 is 16.0 Å². The van der Waals surface area contributed by atoms with Crippen LogP contribution in [0.5, 0.6) is 0 Å².